The van der Waals surface area contributed by atoms with Crippen LogP contribution < -0.4 is 10.6 Å². The number of anilines is 1. The van der Waals surface area contributed by atoms with Gasteiger partial charge in [-0.3, -0.25) is 9.48 Å². The van der Waals surface area contributed by atoms with Gasteiger partial charge in [0.1, 0.15) is 6.33 Å². The van der Waals surface area contributed by atoms with Gasteiger partial charge < -0.3 is 10.6 Å². The maximum atomic E-state index is 12.3. The number of carbonyl (C=O) groups is 1. The standard InChI is InChI=1S/C15H21N5O/c1-4-16-13-6-5-11(2)9-12(13)15(21)17-8-7-14-18-10-20(3)19-14/h5-6,9-10,16H,4,7-8H2,1-3H3,(H,17,21). The minimum atomic E-state index is -0.0782. The Bertz CT molecular complexity index is 620. The van der Waals surface area contributed by atoms with Gasteiger partial charge in [0.15, 0.2) is 5.82 Å². The number of rotatable bonds is 6. The Hall–Kier alpha value is -2.37. The summed E-state index contributed by atoms with van der Waals surface area (Å²) in [4.78, 5) is 16.4. The van der Waals surface area contributed by atoms with Gasteiger partial charge in [-0.1, -0.05) is 11.6 Å². The highest BCUT2D eigenvalue weighted by atomic mass is 16.1. The van der Waals surface area contributed by atoms with E-state index in [-0.39, 0.29) is 5.91 Å². The maximum absolute atomic E-state index is 12.3. The molecule has 21 heavy (non-hydrogen) atoms. The lowest BCUT2D eigenvalue weighted by Crippen LogP contribution is -2.27. The zero-order chi connectivity index (χ0) is 15.2. The van der Waals surface area contributed by atoms with Crippen molar-refractivity contribution in [2.75, 3.05) is 18.4 Å². The summed E-state index contributed by atoms with van der Waals surface area (Å²) >= 11 is 0. The lowest BCUT2D eigenvalue weighted by Gasteiger charge is -2.11. The fourth-order valence-corrected chi connectivity index (χ4v) is 2.07. The van der Waals surface area contributed by atoms with E-state index in [1.54, 1.807) is 11.0 Å². The molecule has 0 aliphatic rings. The fourth-order valence-electron chi connectivity index (χ4n) is 2.07. The van der Waals surface area contributed by atoms with Crippen molar-refractivity contribution in [2.24, 2.45) is 7.05 Å². The molecule has 6 nitrogen and oxygen atoms in total. The molecule has 2 N–H and O–H groups in total. The van der Waals surface area contributed by atoms with Gasteiger partial charge in [-0.25, -0.2) is 4.98 Å². The summed E-state index contributed by atoms with van der Waals surface area (Å²) in [5.41, 5.74) is 2.59. The van der Waals surface area contributed by atoms with Crippen LogP contribution in [0.2, 0.25) is 0 Å². The molecule has 0 fully saturated rings. The molecule has 0 aliphatic heterocycles. The van der Waals surface area contributed by atoms with E-state index in [0.717, 1.165) is 23.6 Å². The Morgan fingerprint density at radius 2 is 2.19 bits per heavy atom. The molecule has 1 aromatic carbocycles. The minimum Gasteiger partial charge on any atom is -0.385 e. The van der Waals surface area contributed by atoms with Gasteiger partial charge in [-0.2, -0.15) is 5.10 Å². The van der Waals surface area contributed by atoms with Crippen LogP contribution in [0.4, 0.5) is 5.69 Å². The van der Waals surface area contributed by atoms with E-state index in [2.05, 4.69) is 20.7 Å². The number of benzene rings is 1. The van der Waals surface area contributed by atoms with Gasteiger partial charge in [-0.05, 0) is 26.0 Å². The van der Waals surface area contributed by atoms with Crippen molar-refractivity contribution in [1.29, 1.82) is 0 Å². The first-order valence-electron chi connectivity index (χ1n) is 7.07. The highest BCUT2D eigenvalue weighted by Gasteiger charge is 2.11. The zero-order valence-corrected chi connectivity index (χ0v) is 12.7. The van der Waals surface area contributed by atoms with Crippen LogP contribution in [0.15, 0.2) is 24.5 Å². The molecule has 2 aromatic rings. The van der Waals surface area contributed by atoms with Crippen LogP contribution >= 0.6 is 0 Å². The predicted molar refractivity (Wildman–Crippen MR) is 82.4 cm³/mol. The van der Waals surface area contributed by atoms with Crippen LogP contribution in [0.3, 0.4) is 0 Å². The maximum Gasteiger partial charge on any atom is 0.253 e. The first-order chi connectivity index (χ1) is 10.1. The van der Waals surface area contributed by atoms with Gasteiger partial charge in [0.2, 0.25) is 0 Å². The van der Waals surface area contributed by atoms with Crippen LogP contribution in [0.5, 0.6) is 0 Å². The number of aromatic nitrogens is 3. The molecular weight excluding hydrogens is 266 g/mol. The molecular formula is C15H21N5O. The Morgan fingerprint density at radius 3 is 2.86 bits per heavy atom. The monoisotopic (exact) mass is 287 g/mol. The van der Waals surface area contributed by atoms with E-state index < -0.39 is 0 Å². The van der Waals surface area contributed by atoms with Crippen molar-refractivity contribution in [3.8, 4) is 0 Å². The molecule has 0 aliphatic carbocycles. The molecule has 0 saturated heterocycles. The third kappa shape index (κ3) is 4.05. The van der Waals surface area contributed by atoms with Crippen LogP contribution in [0, 0.1) is 6.92 Å². The molecule has 0 unspecified atom stereocenters. The van der Waals surface area contributed by atoms with Crippen molar-refractivity contribution >= 4 is 11.6 Å². The van der Waals surface area contributed by atoms with Gasteiger partial charge >= 0.3 is 0 Å². The Balaban J connectivity index is 1.97. The van der Waals surface area contributed by atoms with Crippen LogP contribution in [-0.4, -0.2) is 33.8 Å². The topological polar surface area (TPSA) is 71.8 Å². The van der Waals surface area contributed by atoms with E-state index in [1.807, 2.05) is 39.1 Å². The van der Waals surface area contributed by atoms with E-state index >= 15 is 0 Å². The molecule has 0 spiro atoms. The molecule has 6 heteroatoms. The van der Waals surface area contributed by atoms with E-state index in [1.165, 1.54) is 0 Å². The zero-order valence-electron chi connectivity index (χ0n) is 12.7. The number of amides is 1. The third-order valence-corrected chi connectivity index (χ3v) is 3.07. The second-order valence-electron chi connectivity index (χ2n) is 4.92. The van der Waals surface area contributed by atoms with E-state index in [0.29, 0.717) is 18.5 Å². The predicted octanol–water partition coefficient (Wildman–Crippen LogP) is 1.53. The second kappa shape index (κ2) is 6.88. The normalized spacial score (nSPS) is 10.4. The smallest absolute Gasteiger partial charge is 0.253 e. The van der Waals surface area contributed by atoms with Gasteiger partial charge in [-0.15, -0.1) is 0 Å². The first kappa shape index (κ1) is 15.0. The Morgan fingerprint density at radius 1 is 1.38 bits per heavy atom. The molecule has 1 heterocycles. The number of hydrogen-bond donors (Lipinski definition) is 2. The largest absolute Gasteiger partial charge is 0.385 e. The van der Waals surface area contributed by atoms with Crippen molar-refractivity contribution in [1.82, 2.24) is 20.1 Å². The number of nitrogens with zero attached hydrogens (tertiary/aromatic N) is 3. The molecule has 1 aromatic heterocycles. The van der Waals surface area contributed by atoms with Crippen LogP contribution in [0.25, 0.3) is 0 Å². The average Bonchev–Trinajstić information content (AvgIpc) is 2.86. The molecule has 2 rings (SSSR count). The highest BCUT2D eigenvalue weighted by molar-refractivity contribution is 5.99. The number of nitrogens with one attached hydrogen (secondary N) is 2. The summed E-state index contributed by atoms with van der Waals surface area (Å²) in [5, 5.41) is 10.3. The number of aryl methyl sites for hydroxylation is 2. The quantitative estimate of drug-likeness (QED) is 0.845. The van der Waals surface area contributed by atoms with Crippen molar-refractivity contribution in [2.45, 2.75) is 20.3 Å². The molecule has 0 bridgehead atoms. The molecule has 0 radical (unpaired) electrons. The Labute approximate surface area is 124 Å². The van der Waals surface area contributed by atoms with Crippen molar-refractivity contribution in [3.63, 3.8) is 0 Å². The molecule has 0 saturated carbocycles. The van der Waals surface area contributed by atoms with Gasteiger partial charge in [0, 0.05) is 32.2 Å². The molecule has 1 amide bonds. The van der Waals surface area contributed by atoms with Crippen molar-refractivity contribution in [3.05, 3.63) is 41.5 Å². The number of carbonyl (C=O) groups excluding carboxylic acids is 1. The summed E-state index contributed by atoms with van der Waals surface area (Å²) in [6.45, 7) is 5.28. The van der Waals surface area contributed by atoms with Gasteiger partial charge in [0.25, 0.3) is 5.91 Å². The Kier molecular flexibility index (Phi) is 4.92. The van der Waals surface area contributed by atoms with Crippen LogP contribution in [0.1, 0.15) is 28.7 Å². The van der Waals surface area contributed by atoms with E-state index in [4.69, 9.17) is 0 Å². The summed E-state index contributed by atoms with van der Waals surface area (Å²) < 4.78 is 1.65. The van der Waals surface area contributed by atoms with Crippen LogP contribution in [-0.2, 0) is 13.5 Å². The van der Waals surface area contributed by atoms with Crippen molar-refractivity contribution < 1.29 is 4.79 Å². The second-order valence-corrected chi connectivity index (χ2v) is 4.92. The lowest BCUT2D eigenvalue weighted by atomic mass is 10.1. The van der Waals surface area contributed by atoms with Gasteiger partial charge in [0.05, 0.1) is 5.56 Å². The fraction of sp³-hybridized carbons (Fsp3) is 0.400. The molecule has 0 atom stereocenters. The number of hydrogen-bond acceptors (Lipinski definition) is 4. The highest BCUT2D eigenvalue weighted by Crippen LogP contribution is 2.17. The first-order valence-corrected chi connectivity index (χ1v) is 7.07. The third-order valence-electron chi connectivity index (χ3n) is 3.07. The summed E-state index contributed by atoms with van der Waals surface area (Å²) in [7, 11) is 1.82. The summed E-state index contributed by atoms with van der Waals surface area (Å²) in [6.07, 6.45) is 2.27. The average molecular weight is 287 g/mol. The SMILES string of the molecule is CCNc1ccc(C)cc1C(=O)NCCc1ncn(C)n1. The minimum absolute atomic E-state index is 0.0782. The summed E-state index contributed by atoms with van der Waals surface area (Å²) in [5.74, 6) is 0.652. The molecule has 112 valence electrons. The summed E-state index contributed by atoms with van der Waals surface area (Å²) in [6, 6.07) is 5.83. The van der Waals surface area contributed by atoms with E-state index in [9.17, 15) is 4.79 Å². The lowest BCUT2D eigenvalue weighted by molar-refractivity contribution is 0.0954.